The molecule has 0 unspecified atom stereocenters. The first-order valence-corrected chi connectivity index (χ1v) is 5.82. The van der Waals surface area contributed by atoms with Crippen LogP contribution in [0.5, 0.6) is 0 Å². The number of H-pyrrole nitrogens is 1. The van der Waals surface area contributed by atoms with Crippen LogP contribution in [0.1, 0.15) is 42.3 Å². The van der Waals surface area contributed by atoms with E-state index >= 15 is 0 Å². The number of ether oxygens (including phenoxy) is 1. The van der Waals surface area contributed by atoms with Crippen molar-refractivity contribution in [3.63, 3.8) is 0 Å². The molecule has 0 spiro atoms. The predicted molar refractivity (Wildman–Crippen MR) is 56.5 cm³/mol. The molecule has 2 aliphatic heterocycles. The second-order valence-electron chi connectivity index (χ2n) is 4.37. The molecule has 2 N–H and O–H groups in total. The van der Waals surface area contributed by atoms with E-state index in [0.29, 0.717) is 6.04 Å². The van der Waals surface area contributed by atoms with Crippen molar-refractivity contribution in [1.82, 2.24) is 15.5 Å². The number of nitrogens with zero attached hydrogens (tertiary/aromatic N) is 1. The van der Waals surface area contributed by atoms with E-state index < -0.39 is 0 Å². The molecule has 0 bridgehead atoms. The number of hydrogen-bond acceptors (Lipinski definition) is 3. The van der Waals surface area contributed by atoms with Gasteiger partial charge in [-0.15, -0.1) is 0 Å². The summed E-state index contributed by atoms with van der Waals surface area (Å²) in [6.07, 6.45) is 4.78. The second-order valence-corrected chi connectivity index (χ2v) is 4.37. The normalized spacial score (nSPS) is 26.3. The molecule has 0 aromatic carbocycles. The van der Waals surface area contributed by atoms with E-state index in [2.05, 4.69) is 15.5 Å². The third-order valence-electron chi connectivity index (χ3n) is 3.37. The lowest BCUT2D eigenvalue weighted by Gasteiger charge is -2.23. The summed E-state index contributed by atoms with van der Waals surface area (Å²) in [6, 6.07) is 0.445. The van der Waals surface area contributed by atoms with Crippen molar-refractivity contribution in [1.29, 1.82) is 0 Å². The van der Waals surface area contributed by atoms with Gasteiger partial charge in [-0.05, 0) is 19.4 Å². The molecule has 1 fully saturated rings. The number of piperidine rings is 1. The van der Waals surface area contributed by atoms with Crippen molar-refractivity contribution in [2.75, 3.05) is 13.2 Å². The van der Waals surface area contributed by atoms with Gasteiger partial charge in [0.2, 0.25) is 0 Å². The minimum absolute atomic E-state index is 0.445. The highest BCUT2D eigenvalue weighted by molar-refractivity contribution is 5.28. The lowest BCUT2D eigenvalue weighted by atomic mass is 9.97. The van der Waals surface area contributed by atoms with Gasteiger partial charge in [-0.2, -0.15) is 5.10 Å². The Morgan fingerprint density at radius 2 is 2.33 bits per heavy atom. The Balaban J connectivity index is 1.87. The minimum atomic E-state index is 0.445. The summed E-state index contributed by atoms with van der Waals surface area (Å²) in [5.41, 5.74) is 3.79. The van der Waals surface area contributed by atoms with E-state index in [9.17, 15) is 0 Å². The molecule has 0 amide bonds. The molecule has 4 heteroatoms. The molecule has 3 rings (SSSR count). The van der Waals surface area contributed by atoms with Gasteiger partial charge in [0.15, 0.2) is 0 Å². The van der Waals surface area contributed by atoms with Crippen LogP contribution in [0.3, 0.4) is 0 Å². The van der Waals surface area contributed by atoms with Crippen molar-refractivity contribution in [2.45, 2.75) is 38.3 Å². The number of rotatable bonds is 1. The van der Waals surface area contributed by atoms with Crippen LogP contribution in [0.25, 0.3) is 0 Å². The summed E-state index contributed by atoms with van der Waals surface area (Å²) in [5, 5.41) is 11.1. The number of hydrogen-bond donors (Lipinski definition) is 2. The quantitative estimate of drug-likeness (QED) is 0.729. The van der Waals surface area contributed by atoms with Crippen LogP contribution in [0, 0.1) is 0 Å². The fourth-order valence-corrected chi connectivity index (χ4v) is 2.51. The molecule has 0 saturated carbocycles. The van der Waals surface area contributed by atoms with Crippen molar-refractivity contribution >= 4 is 0 Å². The summed E-state index contributed by atoms with van der Waals surface area (Å²) < 4.78 is 5.50. The van der Waals surface area contributed by atoms with E-state index in [0.717, 1.165) is 26.2 Å². The van der Waals surface area contributed by atoms with Gasteiger partial charge in [-0.1, -0.05) is 6.42 Å². The van der Waals surface area contributed by atoms with E-state index in [-0.39, 0.29) is 0 Å². The molecular formula is C11H17N3O. The van der Waals surface area contributed by atoms with Gasteiger partial charge in [0.1, 0.15) is 0 Å². The third-order valence-corrected chi connectivity index (χ3v) is 3.37. The van der Waals surface area contributed by atoms with Gasteiger partial charge in [-0.25, -0.2) is 0 Å². The molecule has 82 valence electrons. The summed E-state index contributed by atoms with van der Waals surface area (Å²) in [7, 11) is 0. The van der Waals surface area contributed by atoms with Crippen LogP contribution >= 0.6 is 0 Å². The summed E-state index contributed by atoms with van der Waals surface area (Å²) in [4.78, 5) is 0. The van der Waals surface area contributed by atoms with Crippen LogP contribution in [-0.4, -0.2) is 23.3 Å². The van der Waals surface area contributed by atoms with E-state index in [1.807, 2.05) is 0 Å². The van der Waals surface area contributed by atoms with Crippen LogP contribution in [-0.2, 0) is 17.8 Å². The topological polar surface area (TPSA) is 49.9 Å². The molecule has 4 nitrogen and oxygen atoms in total. The van der Waals surface area contributed by atoms with Crippen LogP contribution in [0.2, 0.25) is 0 Å². The molecule has 1 aromatic heterocycles. The van der Waals surface area contributed by atoms with Crippen molar-refractivity contribution in [2.24, 2.45) is 0 Å². The highest BCUT2D eigenvalue weighted by atomic mass is 16.5. The largest absolute Gasteiger partial charge is 0.376 e. The van der Waals surface area contributed by atoms with Gasteiger partial charge in [0, 0.05) is 17.7 Å². The fourth-order valence-electron chi connectivity index (χ4n) is 2.51. The first-order valence-electron chi connectivity index (χ1n) is 5.82. The van der Waals surface area contributed by atoms with E-state index in [4.69, 9.17) is 4.74 Å². The Bertz CT molecular complexity index is 342. The Hall–Kier alpha value is -0.870. The highest BCUT2D eigenvalue weighted by Crippen LogP contribution is 2.28. The fraction of sp³-hybridized carbons (Fsp3) is 0.727. The summed E-state index contributed by atoms with van der Waals surface area (Å²) in [6.45, 7) is 2.68. The third kappa shape index (κ3) is 1.68. The first kappa shape index (κ1) is 9.36. The zero-order valence-corrected chi connectivity index (χ0v) is 8.88. The molecule has 2 aliphatic rings. The van der Waals surface area contributed by atoms with E-state index in [1.165, 1.54) is 36.2 Å². The second kappa shape index (κ2) is 3.94. The maximum atomic E-state index is 5.50. The predicted octanol–water partition coefficient (Wildman–Crippen LogP) is 1.30. The zero-order valence-electron chi connectivity index (χ0n) is 8.88. The lowest BCUT2D eigenvalue weighted by Crippen LogP contribution is -2.28. The number of aromatic nitrogens is 2. The SMILES string of the molecule is C1CC[C@H](c2n[nH]c3c2COCC3)NC1. The molecule has 1 atom stereocenters. The zero-order chi connectivity index (χ0) is 10.1. The maximum absolute atomic E-state index is 5.50. The molecule has 15 heavy (non-hydrogen) atoms. The first-order chi connectivity index (χ1) is 7.45. The summed E-state index contributed by atoms with van der Waals surface area (Å²) >= 11 is 0. The smallest absolute Gasteiger partial charge is 0.0849 e. The van der Waals surface area contributed by atoms with Gasteiger partial charge < -0.3 is 10.1 Å². The standard InChI is InChI=1S/C11H17N3O/c1-2-5-12-10(3-1)11-8-7-15-6-4-9(8)13-14-11/h10,12H,1-7H2,(H,13,14)/t10-/m1/s1. The van der Waals surface area contributed by atoms with Gasteiger partial charge in [0.05, 0.1) is 24.9 Å². The average Bonchev–Trinajstić information content (AvgIpc) is 2.74. The monoisotopic (exact) mass is 207 g/mol. The molecular weight excluding hydrogens is 190 g/mol. The molecule has 3 heterocycles. The number of nitrogens with one attached hydrogen (secondary N) is 2. The molecule has 0 radical (unpaired) electrons. The number of fused-ring (bicyclic) bond motifs is 1. The summed E-state index contributed by atoms with van der Waals surface area (Å²) in [5.74, 6) is 0. The van der Waals surface area contributed by atoms with Gasteiger partial charge in [0.25, 0.3) is 0 Å². The molecule has 0 aliphatic carbocycles. The van der Waals surface area contributed by atoms with Crippen LogP contribution in [0.4, 0.5) is 0 Å². The maximum Gasteiger partial charge on any atom is 0.0849 e. The number of aromatic amines is 1. The van der Waals surface area contributed by atoms with Gasteiger partial charge in [-0.3, -0.25) is 5.10 Å². The average molecular weight is 207 g/mol. The Labute approximate surface area is 89.4 Å². The van der Waals surface area contributed by atoms with E-state index in [1.54, 1.807) is 0 Å². The van der Waals surface area contributed by atoms with Gasteiger partial charge >= 0.3 is 0 Å². The van der Waals surface area contributed by atoms with Crippen LogP contribution in [0.15, 0.2) is 0 Å². The Kier molecular flexibility index (Phi) is 2.46. The van der Waals surface area contributed by atoms with Crippen LogP contribution < -0.4 is 5.32 Å². The Morgan fingerprint density at radius 1 is 1.33 bits per heavy atom. The van der Waals surface area contributed by atoms with Crippen molar-refractivity contribution in [3.05, 3.63) is 17.0 Å². The molecule has 1 aromatic rings. The minimum Gasteiger partial charge on any atom is -0.376 e. The lowest BCUT2D eigenvalue weighted by molar-refractivity contribution is 0.109. The molecule has 1 saturated heterocycles. The Morgan fingerprint density at radius 3 is 3.20 bits per heavy atom. The highest BCUT2D eigenvalue weighted by Gasteiger charge is 2.24. The van der Waals surface area contributed by atoms with Crippen molar-refractivity contribution < 1.29 is 4.74 Å². The van der Waals surface area contributed by atoms with Crippen molar-refractivity contribution in [3.8, 4) is 0 Å².